The Morgan fingerprint density at radius 2 is 1.16 bits per heavy atom. The third-order valence-electron chi connectivity index (χ3n) is 7.53. The van der Waals surface area contributed by atoms with Gasteiger partial charge in [-0.25, -0.2) is 0 Å². The molecule has 3 rings (SSSR count). The Labute approximate surface area is 156 Å². The van der Waals surface area contributed by atoms with Crippen LogP contribution < -0.4 is 0 Å². The van der Waals surface area contributed by atoms with Gasteiger partial charge in [0, 0.05) is 18.9 Å². The molecule has 0 unspecified atom stereocenters. The van der Waals surface area contributed by atoms with Crippen molar-refractivity contribution >= 4 is 0 Å². The van der Waals surface area contributed by atoms with Crippen LogP contribution in [0.3, 0.4) is 0 Å². The normalized spacial score (nSPS) is 39.4. The molecule has 0 aliphatic heterocycles. The molecule has 0 aromatic heterocycles. The Morgan fingerprint density at radius 1 is 0.680 bits per heavy atom. The summed E-state index contributed by atoms with van der Waals surface area (Å²) in [5.41, 5.74) is 0. The monoisotopic (exact) mass is 344 g/mol. The number of ether oxygens (including phenoxy) is 1. The SMILES string of the molecule is CCCC1CCC(C2CCC(C#CC3CCC(OC)CC3)CC2)CC1. The van der Waals surface area contributed by atoms with Crippen LogP contribution in [0.15, 0.2) is 0 Å². The average molecular weight is 345 g/mol. The fourth-order valence-electron chi connectivity index (χ4n) is 5.77. The van der Waals surface area contributed by atoms with Gasteiger partial charge in [0.25, 0.3) is 0 Å². The molecule has 0 aromatic carbocycles. The van der Waals surface area contributed by atoms with Gasteiger partial charge in [-0.3, -0.25) is 0 Å². The van der Waals surface area contributed by atoms with Crippen molar-refractivity contribution in [2.75, 3.05) is 7.11 Å². The highest BCUT2D eigenvalue weighted by molar-refractivity contribution is 5.09. The van der Waals surface area contributed by atoms with E-state index in [0.29, 0.717) is 17.9 Å². The van der Waals surface area contributed by atoms with Crippen LogP contribution in [0.5, 0.6) is 0 Å². The minimum absolute atomic E-state index is 0.501. The highest BCUT2D eigenvalue weighted by Gasteiger charge is 2.30. The quantitative estimate of drug-likeness (QED) is 0.521. The first-order valence-electron chi connectivity index (χ1n) is 11.3. The molecule has 0 heterocycles. The van der Waals surface area contributed by atoms with Crippen molar-refractivity contribution in [2.45, 2.75) is 103 Å². The van der Waals surface area contributed by atoms with Gasteiger partial charge in [0.05, 0.1) is 6.10 Å². The van der Waals surface area contributed by atoms with Gasteiger partial charge in [0.1, 0.15) is 0 Å². The van der Waals surface area contributed by atoms with E-state index in [1.807, 2.05) is 7.11 Å². The van der Waals surface area contributed by atoms with Crippen LogP contribution in [-0.2, 0) is 4.74 Å². The Hall–Kier alpha value is -0.480. The van der Waals surface area contributed by atoms with Crippen molar-refractivity contribution in [3.05, 3.63) is 0 Å². The first-order chi connectivity index (χ1) is 12.3. The van der Waals surface area contributed by atoms with Crippen LogP contribution >= 0.6 is 0 Å². The molecule has 1 nitrogen and oxygen atoms in total. The summed E-state index contributed by atoms with van der Waals surface area (Å²) in [5, 5.41) is 0. The molecule has 3 fully saturated rings. The van der Waals surface area contributed by atoms with E-state index in [1.165, 1.54) is 89.9 Å². The smallest absolute Gasteiger partial charge is 0.0572 e. The van der Waals surface area contributed by atoms with Gasteiger partial charge in [-0.15, -0.1) is 0 Å². The molecule has 0 radical (unpaired) electrons. The van der Waals surface area contributed by atoms with E-state index >= 15 is 0 Å². The van der Waals surface area contributed by atoms with Gasteiger partial charge in [-0.1, -0.05) is 44.4 Å². The Morgan fingerprint density at radius 3 is 1.64 bits per heavy atom. The Balaban J connectivity index is 1.36. The molecule has 0 bridgehead atoms. The maximum atomic E-state index is 5.48. The molecule has 0 spiro atoms. The van der Waals surface area contributed by atoms with E-state index in [-0.39, 0.29) is 0 Å². The van der Waals surface area contributed by atoms with Crippen molar-refractivity contribution in [1.29, 1.82) is 0 Å². The van der Waals surface area contributed by atoms with E-state index < -0.39 is 0 Å². The predicted octanol–water partition coefficient (Wildman–Crippen LogP) is 6.61. The Bertz CT molecular complexity index is 421. The van der Waals surface area contributed by atoms with Crippen LogP contribution in [0, 0.1) is 41.4 Å². The van der Waals surface area contributed by atoms with Crippen LogP contribution in [0.4, 0.5) is 0 Å². The van der Waals surface area contributed by atoms with E-state index in [1.54, 1.807) is 0 Å². The zero-order valence-corrected chi connectivity index (χ0v) is 16.8. The van der Waals surface area contributed by atoms with Gasteiger partial charge >= 0.3 is 0 Å². The average Bonchev–Trinajstić information content (AvgIpc) is 2.68. The number of methoxy groups -OCH3 is 1. The predicted molar refractivity (Wildman–Crippen MR) is 106 cm³/mol. The van der Waals surface area contributed by atoms with Gasteiger partial charge < -0.3 is 4.74 Å². The summed E-state index contributed by atoms with van der Waals surface area (Å²) < 4.78 is 5.48. The van der Waals surface area contributed by atoms with Crippen molar-refractivity contribution in [3.8, 4) is 11.8 Å². The summed E-state index contributed by atoms with van der Waals surface area (Å²) in [7, 11) is 1.85. The maximum absolute atomic E-state index is 5.48. The molecular formula is C24H40O. The zero-order valence-electron chi connectivity index (χ0n) is 16.8. The molecule has 3 aliphatic rings. The lowest BCUT2D eigenvalue weighted by Crippen LogP contribution is -2.25. The highest BCUT2D eigenvalue weighted by Crippen LogP contribution is 2.42. The standard InChI is InChI=1S/C24H40O/c1-3-4-19-7-13-22(14-8-19)23-15-9-20(10-16-23)5-6-21-11-17-24(25-2)18-12-21/h19-24H,3-4,7-18H2,1-2H3. The summed E-state index contributed by atoms with van der Waals surface area (Å²) in [4.78, 5) is 0. The highest BCUT2D eigenvalue weighted by atomic mass is 16.5. The minimum atomic E-state index is 0.501. The lowest BCUT2D eigenvalue weighted by atomic mass is 9.69. The molecular weight excluding hydrogens is 304 g/mol. The third kappa shape index (κ3) is 5.75. The topological polar surface area (TPSA) is 9.23 Å². The largest absolute Gasteiger partial charge is 0.381 e. The van der Waals surface area contributed by atoms with E-state index in [4.69, 9.17) is 4.74 Å². The van der Waals surface area contributed by atoms with Gasteiger partial charge in [0.15, 0.2) is 0 Å². The second-order valence-corrected chi connectivity index (χ2v) is 9.18. The van der Waals surface area contributed by atoms with Gasteiger partial charge in [0.2, 0.25) is 0 Å². The van der Waals surface area contributed by atoms with Gasteiger partial charge in [-0.05, 0) is 82.0 Å². The first kappa shape index (κ1) is 19.3. The molecule has 0 N–H and O–H groups in total. The summed E-state index contributed by atoms with van der Waals surface area (Å²) >= 11 is 0. The van der Waals surface area contributed by atoms with Gasteiger partial charge in [-0.2, -0.15) is 0 Å². The number of hydrogen-bond acceptors (Lipinski definition) is 1. The third-order valence-corrected chi connectivity index (χ3v) is 7.53. The lowest BCUT2D eigenvalue weighted by Gasteiger charge is -2.37. The number of rotatable bonds is 4. The summed E-state index contributed by atoms with van der Waals surface area (Å²) in [6, 6.07) is 0. The summed E-state index contributed by atoms with van der Waals surface area (Å²) in [6.07, 6.45) is 20.0. The van der Waals surface area contributed by atoms with Crippen molar-refractivity contribution in [1.82, 2.24) is 0 Å². The summed E-state index contributed by atoms with van der Waals surface area (Å²) in [5.74, 6) is 11.8. The van der Waals surface area contributed by atoms with Crippen molar-refractivity contribution in [3.63, 3.8) is 0 Å². The van der Waals surface area contributed by atoms with Crippen LogP contribution in [-0.4, -0.2) is 13.2 Å². The first-order valence-corrected chi connectivity index (χ1v) is 11.3. The zero-order chi connectivity index (χ0) is 17.5. The van der Waals surface area contributed by atoms with Crippen LogP contribution in [0.1, 0.15) is 96.8 Å². The summed E-state index contributed by atoms with van der Waals surface area (Å²) in [6.45, 7) is 2.34. The van der Waals surface area contributed by atoms with Crippen molar-refractivity contribution < 1.29 is 4.74 Å². The van der Waals surface area contributed by atoms with Crippen LogP contribution in [0.2, 0.25) is 0 Å². The minimum Gasteiger partial charge on any atom is -0.381 e. The molecule has 0 amide bonds. The molecule has 25 heavy (non-hydrogen) atoms. The van der Waals surface area contributed by atoms with E-state index in [2.05, 4.69) is 18.8 Å². The fourth-order valence-corrected chi connectivity index (χ4v) is 5.77. The van der Waals surface area contributed by atoms with E-state index in [0.717, 1.165) is 17.8 Å². The van der Waals surface area contributed by atoms with Crippen LogP contribution in [0.25, 0.3) is 0 Å². The molecule has 3 aliphatic carbocycles. The number of hydrogen-bond donors (Lipinski definition) is 0. The lowest BCUT2D eigenvalue weighted by molar-refractivity contribution is 0.0636. The van der Waals surface area contributed by atoms with E-state index in [9.17, 15) is 0 Å². The molecule has 0 aromatic rings. The molecule has 0 atom stereocenters. The second kappa shape index (κ2) is 10.0. The Kier molecular flexibility index (Phi) is 7.72. The molecule has 1 heteroatoms. The molecule has 3 saturated carbocycles. The second-order valence-electron chi connectivity index (χ2n) is 9.18. The molecule has 0 saturated heterocycles. The molecule has 142 valence electrons. The fraction of sp³-hybridized carbons (Fsp3) is 0.917. The van der Waals surface area contributed by atoms with Crippen molar-refractivity contribution in [2.24, 2.45) is 29.6 Å². The maximum Gasteiger partial charge on any atom is 0.0572 e.